The Morgan fingerprint density at radius 3 is 2.52 bits per heavy atom. The molecule has 0 saturated heterocycles. The van der Waals surface area contributed by atoms with Crippen molar-refractivity contribution in [3.63, 3.8) is 0 Å². The summed E-state index contributed by atoms with van der Waals surface area (Å²) >= 11 is 1.31. The van der Waals surface area contributed by atoms with Crippen molar-refractivity contribution in [1.29, 1.82) is 0 Å². The lowest BCUT2D eigenvalue weighted by molar-refractivity contribution is 0.102. The van der Waals surface area contributed by atoms with Gasteiger partial charge in [0.15, 0.2) is 22.4 Å². The summed E-state index contributed by atoms with van der Waals surface area (Å²) in [6.07, 6.45) is 1.92. The number of primary sulfonamides is 1. The first-order valence-corrected chi connectivity index (χ1v) is 12.2. The van der Waals surface area contributed by atoms with E-state index < -0.39 is 10.0 Å². The van der Waals surface area contributed by atoms with Gasteiger partial charge in [0, 0.05) is 12.1 Å². The average Bonchev–Trinajstić information content (AvgIpc) is 3.11. The van der Waals surface area contributed by atoms with Gasteiger partial charge in [0.1, 0.15) is 0 Å². The van der Waals surface area contributed by atoms with Gasteiger partial charge < -0.3 is 14.0 Å². The molecule has 31 heavy (non-hydrogen) atoms. The fourth-order valence-corrected chi connectivity index (χ4v) is 4.60. The number of aromatic nitrogens is 2. The fraction of sp³-hybridized carbons (Fsp3) is 0.333. The molecular formula is C21H25N3O5S2. The maximum atomic E-state index is 12.8. The Kier molecular flexibility index (Phi) is 7.24. The SMILES string of the molecule is CCCCn1c(SCC(=O)c2ccc(OC)c(OC)c2)nc2cc(S(N)(=O)=O)ccc21. The van der Waals surface area contributed by atoms with E-state index in [9.17, 15) is 13.2 Å². The molecule has 8 nitrogen and oxygen atoms in total. The van der Waals surface area contributed by atoms with Gasteiger partial charge in [-0.1, -0.05) is 25.1 Å². The number of hydrogen-bond acceptors (Lipinski definition) is 7. The van der Waals surface area contributed by atoms with Gasteiger partial charge >= 0.3 is 0 Å². The molecule has 0 aliphatic carbocycles. The zero-order chi connectivity index (χ0) is 22.6. The highest BCUT2D eigenvalue weighted by molar-refractivity contribution is 7.99. The molecule has 2 aromatic carbocycles. The number of thioether (sulfide) groups is 1. The molecule has 0 aliphatic rings. The number of unbranched alkanes of at least 4 members (excludes halogenated alkanes) is 1. The highest BCUT2D eigenvalue weighted by Gasteiger charge is 2.17. The van der Waals surface area contributed by atoms with Crippen LogP contribution in [0, 0.1) is 0 Å². The van der Waals surface area contributed by atoms with E-state index in [1.807, 2.05) is 4.57 Å². The van der Waals surface area contributed by atoms with Gasteiger partial charge in [-0.15, -0.1) is 0 Å². The molecule has 0 amide bonds. The number of aryl methyl sites for hydroxylation is 1. The molecule has 0 unspecified atom stereocenters. The number of fused-ring (bicyclic) bond motifs is 1. The van der Waals surface area contributed by atoms with Crippen molar-refractivity contribution in [2.45, 2.75) is 36.4 Å². The number of nitrogens with zero attached hydrogens (tertiary/aromatic N) is 2. The first kappa shape index (κ1) is 23.1. The van der Waals surface area contributed by atoms with Crippen LogP contribution in [-0.2, 0) is 16.6 Å². The van der Waals surface area contributed by atoms with E-state index in [1.54, 1.807) is 24.3 Å². The Balaban J connectivity index is 1.88. The van der Waals surface area contributed by atoms with Crippen LogP contribution < -0.4 is 14.6 Å². The summed E-state index contributed by atoms with van der Waals surface area (Å²) in [6.45, 7) is 2.81. The van der Waals surface area contributed by atoms with Gasteiger partial charge in [-0.05, 0) is 42.8 Å². The summed E-state index contributed by atoms with van der Waals surface area (Å²) in [4.78, 5) is 17.3. The lowest BCUT2D eigenvalue weighted by Gasteiger charge is -2.10. The molecule has 1 aromatic heterocycles. The highest BCUT2D eigenvalue weighted by Crippen LogP contribution is 2.30. The quantitative estimate of drug-likeness (QED) is 0.362. The van der Waals surface area contributed by atoms with Crippen molar-refractivity contribution < 1.29 is 22.7 Å². The summed E-state index contributed by atoms with van der Waals surface area (Å²) in [7, 11) is -0.762. The number of rotatable bonds is 10. The van der Waals surface area contributed by atoms with Crippen LogP contribution in [0.4, 0.5) is 0 Å². The van der Waals surface area contributed by atoms with E-state index in [-0.39, 0.29) is 16.4 Å². The number of Topliss-reactive ketones (excluding diaryl/α,β-unsaturated/α-hetero) is 1. The minimum Gasteiger partial charge on any atom is -0.493 e. The predicted molar refractivity (Wildman–Crippen MR) is 121 cm³/mol. The molecular weight excluding hydrogens is 438 g/mol. The first-order chi connectivity index (χ1) is 14.8. The lowest BCUT2D eigenvalue weighted by atomic mass is 10.1. The number of nitrogens with two attached hydrogens (primary N) is 1. The second-order valence-electron chi connectivity index (χ2n) is 6.88. The van der Waals surface area contributed by atoms with E-state index >= 15 is 0 Å². The number of ether oxygens (including phenoxy) is 2. The molecule has 0 spiro atoms. The molecule has 0 aliphatic heterocycles. The van der Waals surface area contributed by atoms with Gasteiger partial charge in [0.05, 0.1) is 35.9 Å². The number of imidazole rings is 1. The van der Waals surface area contributed by atoms with Crippen molar-refractivity contribution >= 4 is 38.6 Å². The zero-order valence-electron chi connectivity index (χ0n) is 17.6. The Hall–Kier alpha value is -2.56. The Labute approximate surface area is 185 Å². The van der Waals surface area contributed by atoms with Gasteiger partial charge in [-0.3, -0.25) is 4.79 Å². The van der Waals surface area contributed by atoms with Gasteiger partial charge in [-0.2, -0.15) is 0 Å². The van der Waals surface area contributed by atoms with Crippen LogP contribution in [0.2, 0.25) is 0 Å². The molecule has 166 valence electrons. The van der Waals surface area contributed by atoms with Crippen molar-refractivity contribution in [3.8, 4) is 11.5 Å². The number of ketones is 1. The molecule has 3 aromatic rings. The van der Waals surface area contributed by atoms with Gasteiger partial charge in [0.2, 0.25) is 10.0 Å². The largest absolute Gasteiger partial charge is 0.493 e. The second kappa shape index (κ2) is 9.71. The van der Waals surface area contributed by atoms with Crippen LogP contribution in [0.5, 0.6) is 11.5 Å². The summed E-state index contributed by atoms with van der Waals surface area (Å²) in [5.74, 6) is 1.14. The zero-order valence-corrected chi connectivity index (χ0v) is 19.3. The van der Waals surface area contributed by atoms with Crippen LogP contribution in [-0.4, -0.2) is 43.7 Å². The average molecular weight is 464 g/mol. The number of hydrogen-bond donors (Lipinski definition) is 1. The standard InChI is InChI=1S/C21H25N3O5S2/c1-4-5-10-24-17-8-7-15(31(22,26)27)12-16(17)23-21(24)30-13-18(25)14-6-9-19(28-2)20(11-14)29-3/h6-9,11-12H,4-5,10,13H2,1-3H3,(H2,22,26,27). The smallest absolute Gasteiger partial charge is 0.238 e. The molecule has 0 bridgehead atoms. The van der Waals surface area contributed by atoms with E-state index in [2.05, 4.69) is 11.9 Å². The molecule has 0 radical (unpaired) electrons. The monoisotopic (exact) mass is 463 g/mol. The number of sulfonamides is 1. The third kappa shape index (κ3) is 5.20. The number of benzene rings is 2. The topological polar surface area (TPSA) is 114 Å². The van der Waals surface area contributed by atoms with Crippen molar-refractivity contribution in [2.24, 2.45) is 5.14 Å². The Bertz CT molecular complexity index is 1210. The number of carbonyl (C=O) groups excluding carboxylic acids is 1. The third-order valence-corrected chi connectivity index (χ3v) is 6.67. The maximum absolute atomic E-state index is 12.8. The fourth-order valence-electron chi connectivity index (χ4n) is 3.13. The minimum atomic E-state index is -3.82. The normalized spacial score (nSPS) is 11.6. The van der Waals surface area contributed by atoms with Crippen molar-refractivity contribution in [1.82, 2.24) is 9.55 Å². The van der Waals surface area contributed by atoms with Crippen LogP contribution in [0.3, 0.4) is 0 Å². The van der Waals surface area contributed by atoms with Crippen LogP contribution >= 0.6 is 11.8 Å². The molecule has 10 heteroatoms. The number of methoxy groups -OCH3 is 2. The van der Waals surface area contributed by atoms with E-state index in [0.717, 1.165) is 18.4 Å². The molecule has 1 heterocycles. The van der Waals surface area contributed by atoms with Crippen LogP contribution in [0.25, 0.3) is 11.0 Å². The maximum Gasteiger partial charge on any atom is 0.238 e. The van der Waals surface area contributed by atoms with Gasteiger partial charge in [-0.25, -0.2) is 18.5 Å². The summed E-state index contributed by atoms with van der Waals surface area (Å²) in [5, 5.41) is 5.90. The molecule has 0 saturated carbocycles. The van der Waals surface area contributed by atoms with E-state index in [1.165, 1.54) is 38.1 Å². The minimum absolute atomic E-state index is 0.0121. The van der Waals surface area contributed by atoms with E-state index in [0.29, 0.717) is 34.3 Å². The van der Waals surface area contributed by atoms with Crippen molar-refractivity contribution in [3.05, 3.63) is 42.0 Å². The second-order valence-corrected chi connectivity index (χ2v) is 9.38. The summed E-state index contributed by atoms with van der Waals surface area (Å²) < 4.78 is 35.9. The van der Waals surface area contributed by atoms with Crippen molar-refractivity contribution in [2.75, 3.05) is 20.0 Å². The Morgan fingerprint density at radius 1 is 1.13 bits per heavy atom. The molecule has 2 N–H and O–H groups in total. The Morgan fingerprint density at radius 2 is 1.87 bits per heavy atom. The predicted octanol–water partition coefficient (Wildman–Crippen LogP) is 3.48. The highest BCUT2D eigenvalue weighted by atomic mass is 32.2. The molecule has 0 fully saturated rings. The summed E-state index contributed by atoms with van der Waals surface area (Å²) in [5.41, 5.74) is 1.85. The first-order valence-electron chi connectivity index (χ1n) is 9.69. The van der Waals surface area contributed by atoms with Gasteiger partial charge in [0.25, 0.3) is 0 Å². The third-order valence-electron chi connectivity index (χ3n) is 4.79. The van der Waals surface area contributed by atoms with Crippen LogP contribution in [0.1, 0.15) is 30.1 Å². The number of carbonyl (C=O) groups is 1. The molecule has 3 rings (SSSR count). The lowest BCUT2D eigenvalue weighted by Crippen LogP contribution is -2.11. The van der Waals surface area contributed by atoms with E-state index in [4.69, 9.17) is 14.6 Å². The van der Waals surface area contributed by atoms with Crippen LogP contribution in [0.15, 0.2) is 46.5 Å². The summed E-state index contributed by atoms with van der Waals surface area (Å²) in [6, 6.07) is 9.70. The molecule has 0 atom stereocenters.